The van der Waals surface area contributed by atoms with Crippen LogP contribution in [0.25, 0.3) is 0 Å². The molecule has 3 heterocycles. The molecule has 0 aliphatic carbocycles. The lowest BCUT2D eigenvalue weighted by Crippen LogP contribution is -2.57. The van der Waals surface area contributed by atoms with E-state index in [1.54, 1.807) is 17.9 Å². The number of benzene rings is 2. The van der Waals surface area contributed by atoms with Crippen molar-refractivity contribution in [3.05, 3.63) is 72.8 Å². The highest BCUT2D eigenvalue weighted by Crippen LogP contribution is 2.60. The SMILES string of the molecule is C=CCN(C(=O)C1N([C@H](CO)c2ccccc2)C(=O)[C@@H]2[C@H](C(=O)OCC)[C@@H]3CCC12O3)c1ccc(N(CC)CC)cc1. The maximum Gasteiger partial charge on any atom is 0.312 e. The number of hydrogen-bond donors (Lipinski definition) is 1. The first kappa shape index (κ1) is 29.8. The van der Waals surface area contributed by atoms with Gasteiger partial charge in [-0.2, -0.15) is 0 Å². The number of nitrogens with zero attached hydrogens (tertiary/aromatic N) is 3. The van der Waals surface area contributed by atoms with Gasteiger partial charge in [0.25, 0.3) is 5.91 Å². The van der Waals surface area contributed by atoms with Crippen molar-refractivity contribution in [3.63, 3.8) is 0 Å². The smallest absolute Gasteiger partial charge is 0.312 e. The average molecular weight is 576 g/mol. The van der Waals surface area contributed by atoms with Crippen LogP contribution in [-0.2, 0) is 23.9 Å². The van der Waals surface area contributed by atoms with E-state index in [4.69, 9.17) is 9.47 Å². The first-order valence-corrected chi connectivity index (χ1v) is 15.0. The maximum absolute atomic E-state index is 14.8. The Labute approximate surface area is 247 Å². The largest absolute Gasteiger partial charge is 0.466 e. The zero-order chi connectivity index (χ0) is 30.0. The van der Waals surface area contributed by atoms with Crippen LogP contribution >= 0.6 is 0 Å². The van der Waals surface area contributed by atoms with Crippen molar-refractivity contribution >= 4 is 29.2 Å². The molecule has 224 valence electrons. The molecule has 5 rings (SSSR count). The maximum atomic E-state index is 14.8. The molecule has 2 amide bonds. The Balaban J connectivity index is 1.60. The van der Waals surface area contributed by atoms with Crippen LogP contribution < -0.4 is 9.80 Å². The number of carbonyl (C=O) groups is 3. The van der Waals surface area contributed by atoms with Gasteiger partial charge in [-0.15, -0.1) is 6.58 Å². The molecule has 9 heteroatoms. The minimum atomic E-state index is -1.21. The number of anilines is 2. The molecule has 2 aromatic rings. The summed E-state index contributed by atoms with van der Waals surface area (Å²) in [7, 11) is 0. The summed E-state index contributed by atoms with van der Waals surface area (Å²) in [6, 6.07) is 15.1. The second-order valence-corrected chi connectivity index (χ2v) is 11.1. The summed E-state index contributed by atoms with van der Waals surface area (Å²) >= 11 is 0. The number of carbonyl (C=O) groups excluding carboxylic acids is 3. The van der Waals surface area contributed by atoms with Gasteiger partial charge < -0.3 is 29.3 Å². The summed E-state index contributed by atoms with van der Waals surface area (Å²) < 4.78 is 11.9. The quantitative estimate of drug-likeness (QED) is 0.304. The highest BCUT2D eigenvalue weighted by Gasteiger charge is 2.75. The van der Waals surface area contributed by atoms with E-state index < -0.39 is 48.2 Å². The third kappa shape index (κ3) is 4.78. The van der Waals surface area contributed by atoms with Gasteiger partial charge in [0.05, 0.1) is 37.2 Å². The predicted octanol–water partition coefficient (Wildman–Crippen LogP) is 3.72. The molecule has 1 N–H and O–H groups in total. The number of aliphatic hydroxyl groups excluding tert-OH is 1. The average Bonchev–Trinajstić information content (AvgIpc) is 3.65. The molecule has 9 nitrogen and oxygen atoms in total. The van der Waals surface area contributed by atoms with Crippen LogP contribution in [0.1, 0.15) is 45.2 Å². The Bertz CT molecular complexity index is 1300. The third-order valence-corrected chi connectivity index (χ3v) is 9.09. The number of aliphatic hydroxyl groups is 1. The van der Waals surface area contributed by atoms with Crippen LogP contribution in [0.2, 0.25) is 0 Å². The number of hydrogen-bond acceptors (Lipinski definition) is 7. The fraction of sp³-hybridized carbons (Fsp3) is 0.485. The predicted molar refractivity (Wildman–Crippen MR) is 160 cm³/mol. The van der Waals surface area contributed by atoms with E-state index in [1.807, 2.05) is 54.6 Å². The lowest BCUT2D eigenvalue weighted by molar-refractivity contribution is -0.155. The van der Waals surface area contributed by atoms with E-state index in [2.05, 4.69) is 25.3 Å². The van der Waals surface area contributed by atoms with Crippen molar-refractivity contribution < 1.29 is 29.0 Å². The molecule has 2 aromatic carbocycles. The van der Waals surface area contributed by atoms with E-state index in [0.29, 0.717) is 24.1 Å². The van der Waals surface area contributed by atoms with Gasteiger partial charge in [0.2, 0.25) is 5.91 Å². The van der Waals surface area contributed by atoms with Crippen molar-refractivity contribution in [2.45, 2.75) is 57.4 Å². The summed E-state index contributed by atoms with van der Waals surface area (Å²) in [5.74, 6) is -2.86. The summed E-state index contributed by atoms with van der Waals surface area (Å²) in [6.07, 6.45) is 2.15. The second-order valence-electron chi connectivity index (χ2n) is 11.1. The van der Waals surface area contributed by atoms with Crippen LogP contribution in [-0.4, -0.2) is 78.4 Å². The molecule has 3 aliphatic rings. The summed E-state index contributed by atoms with van der Waals surface area (Å²) in [5, 5.41) is 10.7. The lowest BCUT2D eigenvalue weighted by atomic mass is 9.70. The highest BCUT2D eigenvalue weighted by molar-refractivity contribution is 6.05. The molecule has 0 saturated carbocycles. The molecule has 3 saturated heterocycles. The fourth-order valence-electron chi connectivity index (χ4n) is 7.27. The van der Waals surface area contributed by atoms with Crippen LogP contribution in [0.4, 0.5) is 11.4 Å². The standard InChI is InChI=1S/C33H41N3O6/c1-5-20-35(24-16-14-23(15-17-24)34(6-2)7-3)31(39)29-33-19-18-26(42-33)27(32(40)41-8-4)28(33)30(38)36(29)25(21-37)22-12-10-9-11-13-22/h5,9-17,25-29,37H,1,6-8,18-21H2,2-4H3/t25-,26+,27-,28+,29?,33?/m1/s1. The van der Waals surface area contributed by atoms with E-state index in [-0.39, 0.29) is 25.0 Å². The summed E-state index contributed by atoms with van der Waals surface area (Å²) in [5.41, 5.74) is 1.20. The topological polar surface area (TPSA) is 99.6 Å². The van der Waals surface area contributed by atoms with Gasteiger partial charge >= 0.3 is 5.97 Å². The second kappa shape index (κ2) is 12.3. The molecule has 2 bridgehead atoms. The van der Waals surface area contributed by atoms with Crippen molar-refractivity contribution in [3.8, 4) is 0 Å². The summed E-state index contributed by atoms with van der Waals surface area (Å²) in [6.45, 7) is 11.5. The number of rotatable bonds is 12. The van der Waals surface area contributed by atoms with Gasteiger partial charge in [-0.3, -0.25) is 14.4 Å². The van der Waals surface area contributed by atoms with Gasteiger partial charge in [-0.05, 0) is 63.4 Å². The minimum Gasteiger partial charge on any atom is -0.466 e. The Morgan fingerprint density at radius 1 is 1.12 bits per heavy atom. The van der Waals surface area contributed by atoms with Gasteiger partial charge in [0, 0.05) is 31.0 Å². The molecule has 3 aliphatic heterocycles. The first-order chi connectivity index (χ1) is 20.4. The minimum absolute atomic E-state index is 0.182. The molecule has 42 heavy (non-hydrogen) atoms. The normalized spacial score (nSPS) is 26.6. The molecule has 0 radical (unpaired) electrons. The Hall–Kier alpha value is -3.69. The number of ether oxygens (including phenoxy) is 2. The molecular weight excluding hydrogens is 534 g/mol. The molecule has 0 aromatic heterocycles. The Morgan fingerprint density at radius 3 is 2.38 bits per heavy atom. The highest BCUT2D eigenvalue weighted by atomic mass is 16.6. The molecular formula is C33H41N3O6. The number of esters is 1. The monoisotopic (exact) mass is 575 g/mol. The third-order valence-electron chi connectivity index (χ3n) is 9.09. The van der Waals surface area contributed by atoms with E-state index in [0.717, 1.165) is 18.8 Å². The van der Waals surface area contributed by atoms with Crippen LogP contribution in [0.5, 0.6) is 0 Å². The molecule has 1 spiro atoms. The van der Waals surface area contributed by atoms with Crippen LogP contribution in [0.3, 0.4) is 0 Å². The van der Waals surface area contributed by atoms with Crippen molar-refractivity contribution in [1.82, 2.24) is 4.90 Å². The van der Waals surface area contributed by atoms with Crippen LogP contribution in [0, 0.1) is 11.8 Å². The van der Waals surface area contributed by atoms with Gasteiger partial charge in [0.1, 0.15) is 11.6 Å². The van der Waals surface area contributed by atoms with E-state index in [1.165, 1.54) is 4.90 Å². The van der Waals surface area contributed by atoms with E-state index >= 15 is 0 Å². The molecule has 2 unspecified atom stereocenters. The fourth-order valence-corrected chi connectivity index (χ4v) is 7.27. The van der Waals surface area contributed by atoms with Crippen molar-refractivity contribution in [2.75, 3.05) is 42.6 Å². The zero-order valence-electron chi connectivity index (χ0n) is 24.6. The molecule has 6 atom stereocenters. The summed E-state index contributed by atoms with van der Waals surface area (Å²) in [4.78, 5) is 47.7. The van der Waals surface area contributed by atoms with Crippen LogP contribution in [0.15, 0.2) is 67.3 Å². The number of likely N-dealkylation sites (tertiary alicyclic amines) is 1. The molecule has 3 fully saturated rings. The van der Waals surface area contributed by atoms with Crippen molar-refractivity contribution in [2.24, 2.45) is 11.8 Å². The zero-order valence-corrected chi connectivity index (χ0v) is 24.6. The van der Waals surface area contributed by atoms with Crippen molar-refractivity contribution in [1.29, 1.82) is 0 Å². The first-order valence-electron chi connectivity index (χ1n) is 15.0. The lowest BCUT2D eigenvalue weighted by Gasteiger charge is -2.39. The number of amides is 2. The van der Waals surface area contributed by atoms with Gasteiger partial charge in [-0.1, -0.05) is 36.4 Å². The Kier molecular flexibility index (Phi) is 8.70. The van der Waals surface area contributed by atoms with Gasteiger partial charge in [-0.25, -0.2) is 0 Å². The Morgan fingerprint density at radius 2 is 1.79 bits per heavy atom. The van der Waals surface area contributed by atoms with Gasteiger partial charge in [0.15, 0.2) is 0 Å². The van der Waals surface area contributed by atoms with E-state index in [9.17, 15) is 19.5 Å². The number of fused-ring (bicyclic) bond motifs is 1.